The lowest BCUT2D eigenvalue weighted by atomic mass is 10.2. The van der Waals surface area contributed by atoms with E-state index >= 15 is 0 Å². The number of likely N-dealkylation sites (N-methyl/N-ethyl adjacent to an activating group) is 1. The Balaban J connectivity index is 2.83. The van der Waals surface area contributed by atoms with Crippen molar-refractivity contribution in [3.05, 3.63) is 28.3 Å². The Kier molecular flexibility index (Phi) is 5.25. The van der Waals surface area contributed by atoms with Crippen LogP contribution in [0.5, 0.6) is 5.75 Å². The molecule has 1 rings (SSSR count). The Bertz CT molecular complexity index is 474. The van der Waals surface area contributed by atoms with Gasteiger partial charge in [-0.2, -0.15) is 0 Å². The van der Waals surface area contributed by atoms with E-state index in [1.165, 1.54) is 19.1 Å². The van der Waals surface area contributed by atoms with E-state index in [9.17, 15) is 14.9 Å². The number of nitrogens with one attached hydrogen (secondary N) is 1. The number of carbonyl (C=O) groups excluding carboxylic acids is 1. The molecule has 0 aliphatic rings. The van der Waals surface area contributed by atoms with E-state index < -0.39 is 4.92 Å². The number of rotatable bonds is 6. The summed E-state index contributed by atoms with van der Waals surface area (Å²) in [5.74, 6) is 0.0482. The molecule has 1 amide bonds. The number of benzene rings is 1. The number of nitrogens with zero attached hydrogens (tertiary/aromatic N) is 2. The molecule has 7 nitrogen and oxygen atoms in total. The quantitative estimate of drug-likeness (QED) is 0.623. The third-order valence-corrected chi connectivity index (χ3v) is 2.28. The molecule has 0 aliphatic heterocycles. The molecule has 1 N–H and O–H groups in total. The van der Waals surface area contributed by atoms with E-state index in [0.29, 0.717) is 18.9 Å². The van der Waals surface area contributed by atoms with Crippen molar-refractivity contribution < 1.29 is 14.5 Å². The average molecular weight is 267 g/mol. The van der Waals surface area contributed by atoms with Gasteiger partial charge in [0.05, 0.1) is 11.0 Å². The van der Waals surface area contributed by atoms with E-state index in [0.717, 1.165) is 0 Å². The first-order valence-electron chi connectivity index (χ1n) is 5.73. The fourth-order valence-electron chi connectivity index (χ4n) is 1.39. The maximum Gasteiger partial charge on any atom is 0.296 e. The molecular formula is C12H17N3O4. The van der Waals surface area contributed by atoms with Crippen molar-refractivity contribution in [2.24, 2.45) is 0 Å². The zero-order valence-electron chi connectivity index (χ0n) is 11.2. The monoisotopic (exact) mass is 267 g/mol. The predicted molar refractivity (Wildman–Crippen MR) is 71.4 cm³/mol. The van der Waals surface area contributed by atoms with Crippen LogP contribution in [0, 0.1) is 10.1 Å². The zero-order chi connectivity index (χ0) is 14.4. The van der Waals surface area contributed by atoms with Crippen molar-refractivity contribution in [1.29, 1.82) is 0 Å². The van der Waals surface area contributed by atoms with Crippen LogP contribution in [0.25, 0.3) is 0 Å². The Morgan fingerprint density at radius 3 is 2.68 bits per heavy atom. The molecule has 0 saturated carbocycles. The molecule has 0 aliphatic carbocycles. The fraction of sp³-hybridized carbons (Fsp3) is 0.417. The lowest BCUT2D eigenvalue weighted by Crippen LogP contribution is -2.19. The molecule has 0 radical (unpaired) electrons. The number of amides is 1. The van der Waals surface area contributed by atoms with E-state index in [1.807, 2.05) is 19.0 Å². The summed E-state index contributed by atoms with van der Waals surface area (Å²) in [6.45, 7) is 2.44. The summed E-state index contributed by atoms with van der Waals surface area (Å²) in [5.41, 5.74) is -0.0185. The first kappa shape index (κ1) is 14.9. The topological polar surface area (TPSA) is 84.7 Å². The Labute approximate surface area is 111 Å². The standard InChI is InChI=1S/C12H17N3O4/c1-9(16)13-11-5-4-10(8-12(11)15(17)18)19-7-6-14(2)3/h4-5,8H,6-7H2,1-3H3,(H,13,16). The number of hydrogen-bond donors (Lipinski definition) is 1. The second-order valence-electron chi connectivity index (χ2n) is 4.27. The molecule has 0 unspecified atom stereocenters. The van der Waals surface area contributed by atoms with Crippen LogP contribution >= 0.6 is 0 Å². The van der Waals surface area contributed by atoms with Crippen molar-refractivity contribution >= 4 is 17.3 Å². The van der Waals surface area contributed by atoms with Crippen LogP contribution in [0.2, 0.25) is 0 Å². The highest BCUT2D eigenvalue weighted by molar-refractivity contribution is 5.91. The summed E-state index contributed by atoms with van der Waals surface area (Å²) < 4.78 is 5.41. The summed E-state index contributed by atoms with van der Waals surface area (Å²) in [7, 11) is 3.82. The van der Waals surface area contributed by atoms with Gasteiger partial charge in [0.15, 0.2) is 0 Å². The van der Waals surface area contributed by atoms with Crippen molar-refractivity contribution in [3.8, 4) is 5.75 Å². The van der Waals surface area contributed by atoms with Crippen LogP contribution in [0.15, 0.2) is 18.2 Å². The van der Waals surface area contributed by atoms with E-state index in [2.05, 4.69) is 5.32 Å². The maximum absolute atomic E-state index is 10.9. The third kappa shape index (κ3) is 4.92. The van der Waals surface area contributed by atoms with E-state index in [1.54, 1.807) is 6.07 Å². The van der Waals surface area contributed by atoms with Gasteiger partial charge in [0.2, 0.25) is 5.91 Å². The highest BCUT2D eigenvalue weighted by Gasteiger charge is 2.16. The Morgan fingerprint density at radius 1 is 1.47 bits per heavy atom. The van der Waals surface area contributed by atoms with Gasteiger partial charge in [-0.1, -0.05) is 0 Å². The van der Waals surface area contributed by atoms with Crippen molar-refractivity contribution in [1.82, 2.24) is 4.90 Å². The number of anilines is 1. The van der Waals surface area contributed by atoms with Gasteiger partial charge in [-0.05, 0) is 26.2 Å². The summed E-state index contributed by atoms with van der Waals surface area (Å²) in [6.07, 6.45) is 0. The molecule has 7 heteroatoms. The minimum atomic E-state index is -0.552. The number of nitro benzene ring substituents is 1. The maximum atomic E-state index is 10.9. The highest BCUT2D eigenvalue weighted by atomic mass is 16.6. The summed E-state index contributed by atoms with van der Waals surface area (Å²) in [6, 6.07) is 4.36. The number of nitro groups is 1. The molecular weight excluding hydrogens is 250 g/mol. The molecule has 0 bridgehead atoms. The number of carbonyl (C=O) groups is 1. The van der Waals surface area contributed by atoms with Crippen LogP contribution < -0.4 is 10.1 Å². The number of hydrogen-bond acceptors (Lipinski definition) is 5. The molecule has 0 heterocycles. The van der Waals surface area contributed by atoms with Gasteiger partial charge in [0, 0.05) is 13.5 Å². The molecule has 104 valence electrons. The third-order valence-electron chi connectivity index (χ3n) is 2.28. The molecule has 19 heavy (non-hydrogen) atoms. The normalized spacial score (nSPS) is 10.3. The summed E-state index contributed by atoms with van der Waals surface area (Å²) in [4.78, 5) is 23.3. The summed E-state index contributed by atoms with van der Waals surface area (Å²) in [5, 5.41) is 13.3. The van der Waals surface area contributed by atoms with Crippen LogP contribution in [0.1, 0.15) is 6.92 Å². The van der Waals surface area contributed by atoms with E-state index in [-0.39, 0.29) is 17.3 Å². The van der Waals surface area contributed by atoms with Crippen LogP contribution in [0.3, 0.4) is 0 Å². The van der Waals surface area contributed by atoms with E-state index in [4.69, 9.17) is 4.74 Å². The minimum Gasteiger partial charge on any atom is -0.492 e. The second-order valence-corrected chi connectivity index (χ2v) is 4.27. The van der Waals surface area contributed by atoms with Crippen molar-refractivity contribution in [2.45, 2.75) is 6.92 Å². The lowest BCUT2D eigenvalue weighted by molar-refractivity contribution is -0.384. The number of ether oxygens (including phenoxy) is 1. The largest absolute Gasteiger partial charge is 0.492 e. The molecule has 0 saturated heterocycles. The van der Waals surface area contributed by atoms with Crippen LogP contribution in [0.4, 0.5) is 11.4 Å². The molecule has 1 aromatic rings. The fourth-order valence-corrected chi connectivity index (χ4v) is 1.39. The molecule has 0 fully saturated rings. The summed E-state index contributed by atoms with van der Waals surface area (Å²) >= 11 is 0. The lowest BCUT2D eigenvalue weighted by Gasteiger charge is -2.11. The van der Waals surface area contributed by atoms with Gasteiger partial charge in [0.25, 0.3) is 5.69 Å². The van der Waals surface area contributed by atoms with Crippen LogP contribution in [-0.4, -0.2) is 43.0 Å². The predicted octanol–water partition coefficient (Wildman–Crippen LogP) is 1.49. The van der Waals surface area contributed by atoms with Gasteiger partial charge in [-0.15, -0.1) is 0 Å². The molecule has 0 aromatic heterocycles. The van der Waals surface area contributed by atoms with Gasteiger partial charge in [-0.3, -0.25) is 14.9 Å². The minimum absolute atomic E-state index is 0.164. The zero-order valence-corrected chi connectivity index (χ0v) is 11.2. The molecule has 1 aromatic carbocycles. The van der Waals surface area contributed by atoms with Crippen molar-refractivity contribution in [2.75, 3.05) is 32.6 Å². The van der Waals surface area contributed by atoms with Crippen LogP contribution in [-0.2, 0) is 4.79 Å². The van der Waals surface area contributed by atoms with Gasteiger partial charge in [-0.25, -0.2) is 0 Å². The molecule has 0 atom stereocenters. The van der Waals surface area contributed by atoms with Gasteiger partial charge >= 0.3 is 0 Å². The highest BCUT2D eigenvalue weighted by Crippen LogP contribution is 2.29. The SMILES string of the molecule is CC(=O)Nc1ccc(OCCN(C)C)cc1[N+](=O)[O-]. The smallest absolute Gasteiger partial charge is 0.296 e. The second kappa shape index (κ2) is 6.69. The first-order chi connectivity index (χ1) is 8.90. The first-order valence-corrected chi connectivity index (χ1v) is 5.73. The van der Waals surface area contributed by atoms with Gasteiger partial charge < -0.3 is 15.0 Å². The average Bonchev–Trinajstić information content (AvgIpc) is 2.29. The molecule has 0 spiro atoms. The Morgan fingerprint density at radius 2 is 2.16 bits per heavy atom. The van der Waals surface area contributed by atoms with Crippen molar-refractivity contribution in [3.63, 3.8) is 0 Å². The Hall–Kier alpha value is -2.15. The van der Waals surface area contributed by atoms with Gasteiger partial charge in [0.1, 0.15) is 18.0 Å².